The molecule has 126 valence electrons. The largest absolute Gasteiger partial charge is 1.00 e. The summed E-state index contributed by atoms with van der Waals surface area (Å²) in [7, 11) is 0. The number of nitrogens with zero attached hydrogens (tertiary/aromatic N) is 2. The van der Waals surface area contributed by atoms with Crippen LogP contribution < -0.4 is 17.3 Å². The fourth-order valence-corrected chi connectivity index (χ4v) is 2.36. The molecular formula is C21H25ClN2. The molecule has 2 nitrogen and oxygen atoms in total. The van der Waals surface area contributed by atoms with Crippen LogP contribution in [0.1, 0.15) is 13.8 Å². The summed E-state index contributed by atoms with van der Waals surface area (Å²) in [4.78, 5) is 2.22. The third-order valence-corrected chi connectivity index (χ3v) is 3.61. The Kier molecular flexibility index (Phi) is 9.25. The van der Waals surface area contributed by atoms with Crippen molar-refractivity contribution in [2.45, 2.75) is 13.8 Å². The number of benzene rings is 2. The van der Waals surface area contributed by atoms with Crippen molar-refractivity contribution < 1.29 is 17.0 Å². The van der Waals surface area contributed by atoms with Crippen LogP contribution in [0.25, 0.3) is 0 Å². The van der Waals surface area contributed by atoms with E-state index in [2.05, 4.69) is 102 Å². The van der Waals surface area contributed by atoms with Crippen molar-refractivity contribution in [2.75, 3.05) is 18.0 Å². The Morgan fingerprint density at radius 3 is 2.04 bits per heavy atom. The minimum Gasteiger partial charge on any atom is -1.00 e. The van der Waals surface area contributed by atoms with Gasteiger partial charge >= 0.3 is 0 Å². The second kappa shape index (κ2) is 11.3. The van der Waals surface area contributed by atoms with E-state index < -0.39 is 0 Å². The van der Waals surface area contributed by atoms with Crippen LogP contribution in [-0.2, 0) is 0 Å². The van der Waals surface area contributed by atoms with Crippen molar-refractivity contribution in [3.05, 3.63) is 85.1 Å². The molecule has 0 radical (unpaired) electrons. The predicted molar refractivity (Wildman–Crippen MR) is 101 cm³/mol. The molecule has 2 aromatic rings. The fourth-order valence-electron chi connectivity index (χ4n) is 2.36. The summed E-state index contributed by atoms with van der Waals surface area (Å²) in [6, 6.07) is 20.8. The lowest BCUT2D eigenvalue weighted by Gasteiger charge is -2.17. The molecule has 2 rings (SSSR count). The predicted octanol–water partition coefficient (Wildman–Crippen LogP) is 2.02. The van der Waals surface area contributed by atoms with E-state index >= 15 is 0 Å². The quantitative estimate of drug-likeness (QED) is 0.424. The summed E-state index contributed by atoms with van der Waals surface area (Å²) in [6.45, 7) is 6.20. The molecule has 24 heavy (non-hydrogen) atoms. The monoisotopic (exact) mass is 340 g/mol. The van der Waals surface area contributed by atoms with E-state index in [1.165, 1.54) is 11.4 Å². The SMILES string of the molecule is CCN(/C=C/C=C/C=[N+](CC)c1ccccc1)c1ccccc1.[Cl-]. The van der Waals surface area contributed by atoms with Gasteiger partial charge in [0, 0.05) is 36.6 Å². The van der Waals surface area contributed by atoms with Gasteiger partial charge in [-0.1, -0.05) is 42.5 Å². The minimum absolute atomic E-state index is 0. The van der Waals surface area contributed by atoms with Gasteiger partial charge in [0.2, 0.25) is 5.69 Å². The molecular weight excluding hydrogens is 316 g/mol. The molecule has 0 aromatic heterocycles. The van der Waals surface area contributed by atoms with E-state index in [9.17, 15) is 0 Å². The maximum absolute atomic E-state index is 2.22. The van der Waals surface area contributed by atoms with Crippen molar-refractivity contribution in [1.82, 2.24) is 0 Å². The second-order valence-corrected chi connectivity index (χ2v) is 5.12. The number of anilines is 1. The van der Waals surface area contributed by atoms with E-state index in [0.29, 0.717) is 0 Å². The first kappa shape index (κ1) is 19.7. The van der Waals surface area contributed by atoms with Gasteiger partial charge in [-0.3, -0.25) is 0 Å². The summed E-state index contributed by atoms with van der Waals surface area (Å²) in [5.41, 5.74) is 2.42. The summed E-state index contributed by atoms with van der Waals surface area (Å²) in [5.74, 6) is 0. The van der Waals surface area contributed by atoms with Crippen LogP contribution in [0.5, 0.6) is 0 Å². The van der Waals surface area contributed by atoms with Crippen LogP contribution in [0, 0.1) is 0 Å². The van der Waals surface area contributed by atoms with Gasteiger partial charge in [0.15, 0.2) is 6.21 Å². The highest BCUT2D eigenvalue weighted by molar-refractivity contribution is 5.68. The molecule has 3 heteroatoms. The fraction of sp³-hybridized carbons (Fsp3) is 0.190. The first-order chi connectivity index (χ1) is 11.3. The molecule has 0 aliphatic rings. The van der Waals surface area contributed by atoms with Crippen molar-refractivity contribution in [3.8, 4) is 0 Å². The number of halogens is 1. The van der Waals surface area contributed by atoms with E-state index in [4.69, 9.17) is 0 Å². The molecule has 0 saturated heterocycles. The highest BCUT2D eigenvalue weighted by Gasteiger charge is 2.02. The van der Waals surface area contributed by atoms with Gasteiger partial charge in [0.25, 0.3) is 0 Å². The van der Waals surface area contributed by atoms with Gasteiger partial charge in [0.05, 0.1) is 0 Å². The van der Waals surface area contributed by atoms with Crippen molar-refractivity contribution in [1.29, 1.82) is 0 Å². The van der Waals surface area contributed by atoms with Gasteiger partial charge in [-0.25, -0.2) is 0 Å². The third-order valence-electron chi connectivity index (χ3n) is 3.61. The molecule has 0 unspecified atom stereocenters. The highest BCUT2D eigenvalue weighted by Crippen LogP contribution is 2.13. The molecule has 0 bridgehead atoms. The lowest BCUT2D eigenvalue weighted by atomic mass is 10.3. The molecule has 2 aromatic carbocycles. The zero-order valence-corrected chi connectivity index (χ0v) is 15.1. The summed E-state index contributed by atoms with van der Waals surface area (Å²) < 4.78 is 2.22. The second-order valence-electron chi connectivity index (χ2n) is 5.12. The molecule has 0 N–H and O–H groups in total. The van der Waals surface area contributed by atoms with Crippen molar-refractivity contribution in [3.63, 3.8) is 0 Å². The Balaban J connectivity index is 0.00000288. The molecule has 0 heterocycles. The molecule has 0 aliphatic heterocycles. The minimum atomic E-state index is 0. The Bertz CT molecular complexity index is 661. The number of allylic oxidation sites excluding steroid dienone is 3. The zero-order chi connectivity index (χ0) is 16.3. The molecule has 0 spiro atoms. The average Bonchev–Trinajstić information content (AvgIpc) is 2.63. The molecule has 0 fully saturated rings. The van der Waals surface area contributed by atoms with Crippen LogP contribution in [0.4, 0.5) is 11.4 Å². The smallest absolute Gasteiger partial charge is 0.205 e. The summed E-state index contributed by atoms with van der Waals surface area (Å²) in [6.07, 6.45) is 10.4. The highest BCUT2D eigenvalue weighted by atomic mass is 35.5. The van der Waals surface area contributed by atoms with Crippen LogP contribution in [0.3, 0.4) is 0 Å². The van der Waals surface area contributed by atoms with Crippen LogP contribution >= 0.6 is 0 Å². The Morgan fingerprint density at radius 1 is 0.833 bits per heavy atom. The average molecular weight is 341 g/mol. The number of hydrogen-bond donors (Lipinski definition) is 0. The maximum atomic E-state index is 2.22. The van der Waals surface area contributed by atoms with Gasteiger partial charge in [0.1, 0.15) is 6.54 Å². The van der Waals surface area contributed by atoms with Gasteiger partial charge < -0.3 is 17.3 Å². The first-order valence-corrected chi connectivity index (χ1v) is 8.16. The van der Waals surface area contributed by atoms with Crippen LogP contribution in [-0.4, -0.2) is 23.9 Å². The summed E-state index contributed by atoms with van der Waals surface area (Å²) in [5, 5.41) is 0. The van der Waals surface area contributed by atoms with E-state index in [0.717, 1.165) is 13.1 Å². The van der Waals surface area contributed by atoms with Gasteiger partial charge in [-0.05, 0) is 32.1 Å². The van der Waals surface area contributed by atoms with Crippen molar-refractivity contribution >= 4 is 17.6 Å². The van der Waals surface area contributed by atoms with E-state index in [-0.39, 0.29) is 12.4 Å². The third kappa shape index (κ3) is 6.05. The summed E-state index contributed by atoms with van der Waals surface area (Å²) >= 11 is 0. The van der Waals surface area contributed by atoms with E-state index in [1.54, 1.807) is 0 Å². The number of para-hydroxylation sites is 2. The first-order valence-electron chi connectivity index (χ1n) is 8.16. The van der Waals surface area contributed by atoms with Gasteiger partial charge in [-0.2, -0.15) is 4.58 Å². The zero-order valence-electron chi connectivity index (χ0n) is 14.3. The molecule has 0 aliphatic carbocycles. The van der Waals surface area contributed by atoms with Crippen molar-refractivity contribution in [2.24, 2.45) is 0 Å². The van der Waals surface area contributed by atoms with Gasteiger partial charge in [-0.15, -0.1) is 0 Å². The lowest BCUT2D eigenvalue weighted by Crippen LogP contribution is -3.00. The molecule has 0 amide bonds. The Hall–Kier alpha value is -2.32. The topological polar surface area (TPSA) is 6.25 Å². The van der Waals surface area contributed by atoms with Crippen LogP contribution in [0.2, 0.25) is 0 Å². The maximum Gasteiger partial charge on any atom is 0.205 e. The lowest BCUT2D eigenvalue weighted by molar-refractivity contribution is -0.430. The normalized spacial score (nSPS) is 11.7. The Morgan fingerprint density at radius 2 is 1.46 bits per heavy atom. The molecule has 0 atom stereocenters. The van der Waals surface area contributed by atoms with E-state index in [1.807, 2.05) is 12.1 Å². The van der Waals surface area contributed by atoms with Crippen LogP contribution in [0.15, 0.2) is 85.1 Å². The number of rotatable bonds is 7. The molecule has 0 saturated carbocycles. The Labute approximate surface area is 151 Å². The number of hydrogen-bond acceptors (Lipinski definition) is 1. The standard InChI is InChI=1S/C21H25N2.ClH/c1-3-22(20-14-8-5-9-15-20)18-12-7-13-19-23(4-2)21-16-10-6-11-17-21;/h5-19H,3-4H2,1-2H3;1H/q+1;/p-1.